The van der Waals surface area contributed by atoms with Crippen LogP contribution in [0.25, 0.3) is 0 Å². The number of nitrogens with one attached hydrogen (secondary N) is 1. The zero-order valence-electron chi connectivity index (χ0n) is 16.9. The SMILES string of the molecule is C=C(CN1CCCC(CN)C1)NC1Cc2cccc(C)c2B1C.C=CC. The molecule has 3 N–H and O–H groups in total. The van der Waals surface area contributed by atoms with Gasteiger partial charge in [-0.05, 0) is 52.1 Å². The van der Waals surface area contributed by atoms with E-state index >= 15 is 0 Å². The molecule has 142 valence electrons. The molecular formula is C22H36BN3. The summed E-state index contributed by atoms with van der Waals surface area (Å²) in [5.74, 6) is 1.14. The Morgan fingerprint density at radius 2 is 2.19 bits per heavy atom. The molecule has 0 aliphatic carbocycles. The van der Waals surface area contributed by atoms with Gasteiger partial charge in [-0.25, -0.2) is 0 Å². The molecule has 0 radical (unpaired) electrons. The van der Waals surface area contributed by atoms with Gasteiger partial charge in [0.15, 0.2) is 6.71 Å². The van der Waals surface area contributed by atoms with E-state index < -0.39 is 0 Å². The van der Waals surface area contributed by atoms with Crippen molar-refractivity contribution in [3.05, 3.63) is 54.3 Å². The molecule has 2 aliphatic rings. The summed E-state index contributed by atoms with van der Waals surface area (Å²) in [6, 6.07) is 6.69. The highest BCUT2D eigenvalue weighted by Crippen LogP contribution is 2.19. The summed E-state index contributed by atoms with van der Waals surface area (Å²) >= 11 is 0. The number of benzene rings is 1. The first-order chi connectivity index (χ1) is 12.5. The average Bonchev–Trinajstić information content (AvgIpc) is 2.92. The lowest BCUT2D eigenvalue weighted by Crippen LogP contribution is -2.47. The maximum absolute atomic E-state index is 5.84. The summed E-state index contributed by atoms with van der Waals surface area (Å²) in [5.41, 5.74) is 11.5. The molecule has 0 aromatic heterocycles. The summed E-state index contributed by atoms with van der Waals surface area (Å²) in [7, 11) is 0. The molecule has 26 heavy (non-hydrogen) atoms. The second-order valence-electron chi connectivity index (χ2n) is 7.88. The highest BCUT2D eigenvalue weighted by Gasteiger charge is 2.33. The molecule has 1 saturated heterocycles. The minimum Gasteiger partial charge on any atom is -0.392 e. The van der Waals surface area contributed by atoms with Crippen LogP contribution in [-0.4, -0.2) is 43.7 Å². The number of hydrogen-bond donors (Lipinski definition) is 2. The standard InChI is InChI=1S/C19H30BN3.C3H6/c1-14-6-4-8-17-10-18(20(3)19(14)17)22-15(2)12-23-9-5-7-16(11-21)13-23;1-3-2/h4,6,8,16,18,22H,2,5,7,9-13,21H2,1,3H3;3H,1H2,2H3. The molecule has 2 unspecified atom stereocenters. The molecule has 4 heteroatoms. The summed E-state index contributed by atoms with van der Waals surface area (Å²) in [4.78, 5) is 2.51. The lowest BCUT2D eigenvalue weighted by Gasteiger charge is -2.33. The molecular weight excluding hydrogens is 317 g/mol. The normalized spacial score (nSPS) is 22.2. The summed E-state index contributed by atoms with van der Waals surface area (Å²) < 4.78 is 0. The zero-order chi connectivity index (χ0) is 19.1. The zero-order valence-corrected chi connectivity index (χ0v) is 16.9. The van der Waals surface area contributed by atoms with Gasteiger partial charge in [-0.1, -0.05) is 54.3 Å². The van der Waals surface area contributed by atoms with Crippen LogP contribution in [0.15, 0.2) is 43.1 Å². The number of hydrogen-bond acceptors (Lipinski definition) is 3. The van der Waals surface area contributed by atoms with Crippen LogP contribution in [-0.2, 0) is 6.42 Å². The van der Waals surface area contributed by atoms with Crippen molar-refractivity contribution in [2.75, 3.05) is 26.2 Å². The number of allylic oxidation sites excluding steroid dienone is 1. The third kappa shape index (κ3) is 5.24. The number of aryl methyl sites for hydroxylation is 1. The van der Waals surface area contributed by atoms with E-state index in [1.54, 1.807) is 11.5 Å². The Kier molecular flexibility index (Phi) is 7.98. The van der Waals surface area contributed by atoms with Gasteiger partial charge in [-0.3, -0.25) is 4.90 Å². The van der Waals surface area contributed by atoms with Gasteiger partial charge >= 0.3 is 0 Å². The predicted octanol–water partition coefficient (Wildman–Crippen LogP) is 2.76. The molecule has 2 atom stereocenters. The summed E-state index contributed by atoms with van der Waals surface area (Å²) in [6.07, 6.45) is 5.41. The minimum atomic E-state index is 0.480. The monoisotopic (exact) mass is 353 g/mol. The Balaban J connectivity index is 0.000000758. The van der Waals surface area contributed by atoms with Crippen molar-refractivity contribution in [2.45, 2.75) is 45.9 Å². The van der Waals surface area contributed by atoms with Gasteiger partial charge in [0, 0.05) is 24.7 Å². The number of nitrogens with zero attached hydrogens (tertiary/aromatic N) is 1. The maximum Gasteiger partial charge on any atom is 0.199 e. The van der Waals surface area contributed by atoms with Gasteiger partial charge in [-0.2, -0.15) is 0 Å². The largest absolute Gasteiger partial charge is 0.392 e. The van der Waals surface area contributed by atoms with Crippen LogP contribution in [0.4, 0.5) is 0 Å². The van der Waals surface area contributed by atoms with Crippen molar-refractivity contribution in [1.29, 1.82) is 0 Å². The molecule has 1 fully saturated rings. The fourth-order valence-electron chi connectivity index (χ4n) is 4.43. The van der Waals surface area contributed by atoms with E-state index in [-0.39, 0.29) is 0 Å². The topological polar surface area (TPSA) is 41.3 Å². The van der Waals surface area contributed by atoms with Crippen LogP contribution in [0.1, 0.15) is 30.9 Å². The van der Waals surface area contributed by atoms with E-state index in [0.717, 1.165) is 31.8 Å². The smallest absolute Gasteiger partial charge is 0.199 e. The van der Waals surface area contributed by atoms with Crippen molar-refractivity contribution >= 4 is 12.2 Å². The van der Waals surface area contributed by atoms with Gasteiger partial charge in [0.25, 0.3) is 0 Å². The maximum atomic E-state index is 5.84. The minimum absolute atomic E-state index is 0.480. The number of piperidine rings is 1. The molecule has 1 aromatic carbocycles. The van der Waals surface area contributed by atoms with Crippen molar-refractivity contribution in [1.82, 2.24) is 10.2 Å². The van der Waals surface area contributed by atoms with Crippen LogP contribution in [0.2, 0.25) is 6.82 Å². The fourth-order valence-corrected chi connectivity index (χ4v) is 4.43. The Labute approximate surface area is 160 Å². The van der Waals surface area contributed by atoms with Crippen LogP contribution < -0.4 is 16.5 Å². The van der Waals surface area contributed by atoms with E-state index in [2.05, 4.69) is 55.3 Å². The van der Waals surface area contributed by atoms with Crippen molar-refractivity contribution in [3.63, 3.8) is 0 Å². The Bertz CT molecular complexity index is 613. The first-order valence-corrected chi connectivity index (χ1v) is 10.0. The first kappa shape index (κ1) is 20.8. The quantitative estimate of drug-likeness (QED) is 0.632. The van der Waals surface area contributed by atoms with Crippen LogP contribution >= 0.6 is 0 Å². The van der Waals surface area contributed by atoms with Crippen molar-refractivity contribution < 1.29 is 0 Å². The molecule has 0 saturated carbocycles. The Hall–Kier alpha value is -1.52. The summed E-state index contributed by atoms with van der Waals surface area (Å²) in [5, 5.41) is 3.72. The second-order valence-corrected chi connectivity index (χ2v) is 7.88. The van der Waals surface area contributed by atoms with Gasteiger partial charge in [-0.15, -0.1) is 6.58 Å². The second kappa shape index (κ2) is 9.98. The lowest BCUT2D eigenvalue weighted by atomic mass is 9.44. The highest BCUT2D eigenvalue weighted by molar-refractivity contribution is 6.75. The van der Waals surface area contributed by atoms with E-state index in [4.69, 9.17) is 5.73 Å². The third-order valence-electron chi connectivity index (χ3n) is 5.65. The molecule has 1 aromatic rings. The molecule has 0 bridgehead atoms. The summed E-state index contributed by atoms with van der Waals surface area (Å²) in [6.45, 7) is 18.7. The molecule has 3 nitrogen and oxygen atoms in total. The van der Waals surface area contributed by atoms with Crippen LogP contribution in [0.3, 0.4) is 0 Å². The third-order valence-corrected chi connectivity index (χ3v) is 5.65. The van der Waals surface area contributed by atoms with Gasteiger partial charge < -0.3 is 11.1 Å². The van der Waals surface area contributed by atoms with Crippen molar-refractivity contribution in [3.8, 4) is 0 Å². The van der Waals surface area contributed by atoms with Gasteiger partial charge in [0.2, 0.25) is 0 Å². The molecule has 3 rings (SSSR count). The number of rotatable bonds is 5. The molecule has 0 amide bonds. The van der Waals surface area contributed by atoms with Crippen LogP contribution in [0, 0.1) is 12.8 Å². The molecule has 0 spiro atoms. The number of likely N-dealkylation sites (tertiary alicyclic amines) is 1. The Morgan fingerprint density at radius 1 is 1.46 bits per heavy atom. The van der Waals surface area contributed by atoms with Gasteiger partial charge in [0.1, 0.15) is 0 Å². The van der Waals surface area contributed by atoms with E-state index in [0.29, 0.717) is 18.6 Å². The molecule has 2 heterocycles. The fraction of sp³-hybridized carbons (Fsp3) is 0.545. The van der Waals surface area contributed by atoms with E-state index in [1.807, 2.05) is 6.92 Å². The van der Waals surface area contributed by atoms with E-state index in [1.165, 1.54) is 30.5 Å². The Morgan fingerprint density at radius 3 is 2.85 bits per heavy atom. The number of fused-ring (bicyclic) bond motifs is 1. The molecule has 2 aliphatic heterocycles. The van der Waals surface area contributed by atoms with Gasteiger partial charge in [0.05, 0.1) is 0 Å². The lowest BCUT2D eigenvalue weighted by molar-refractivity contribution is 0.189. The predicted molar refractivity (Wildman–Crippen MR) is 116 cm³/mol. The highest BCUT2D eigenvalue weighted by atomic mass is 15.2. The van der Waals surface area contributed by atoms with E-state index in [9.17, 15) is 0 Å². The van der Waals surface area contributed by atoms with Crippen molar-refractivity contribution in [2.24, 2.45) is 11.7 Å². The average molecular weight is 353 g/mol. The van der Waals surface area contributed by atoms with Crippen LogP contribution in [0.5, 0.6) is 0 Å². The first-order valence-electron chi connectivity index (χ1n) is 10.0. The number of nitrogens with two attached hydrogens (primary N) is 1.